The van der Waals surface area contributed by atoms with Crippen molar-refractivity contribution in [1.29, 1.82) is 0 Å². The highest BCUT2D eigenvalue weighted by Crippen LogP contribution is 2.23. The first kappa shape index (κ1) is 15.3. The smallest absolute Gasteiger partial charge is 0.123 e. The highest BCUT2D eigenvalue weighted by Gasteiger charge is 2.05. The predicted molar refractivity (Wildman–Crippen MR) is 75.2 cm³/mol. The largest absolute Gasteiger partial charge is 0.493 e. The quantitative estimate of drug-likeness (QED) is 0.714. The predicted octanol–water partition coefficient (Wildman–Crippen LogP) is 2.99. The molecule has 2 N–H and O–H groups in total. The van der Waals surface area contributed by atoms with E-state index in [2.05, 4.69) is 19.2 Å². The Hall–Kier alpha value is -0.770. The molecule has 1 aromatic carbocycles. The zero-order valence-electron chi connectivity index (χ0n) is 11.1. The van der Waals surface area contributed by atoms with Gasteiger partial charge in [-0.2, -0.15) is 0 Å². The zero-order valence-corrected chi connectivity index (χ0v) is 11.8. The van der Waals surface area contributed by atoms with E-state index in [1.165, 1.54) is 0 Å². The molecule has 102 valence electrons. The van der Waals surface area contributed by atoms with E-state index in [1.54, 1.807) is 0 Å². The third-order valence-corrected chi connectivity index (χ3v) is 2.77. The summed E-state index contributed by atoms with van der Waals surface area (Å²) >= 11 is 6.00. The van der Waals surface area contributed by atoms with Gasteiger partial charge in [0.25, 0.3) is 0 Å². The third-order valence-electron chi connectivity index (χ3n) is 2.53. The summed E-state index contributed by atoms with van der Waals surface area (Å²) in [5.41, 5.74) is 1.07. The Kier molecular flexibility index (Phi) is 7.09. The molecule has 0 spiro atoms. The van der Waals surface area contributed by atoms with Crippen molar-refractivity contribution in [3.05, 3.63) is 28.8 Å². The topological polar surface area (TPSA) is 41.5 Å². The number of halogens is 1. The van der Waals surface area contributed by atoms with Crippen molar-refractivity contribution in [2.45, 2.75) is 39.3 Å². The Morgan fingerprint density at radius 3 is 2.78 bits per heavy atom. The average Bonchev–Trinajstić information content (AvgIpc) is 2.34. The minimum Gasteiger partial charge on any atom is -0.493 e. The van der Waals surface area contributed by atoms with Crippen LogP contribution in [0.4, 0.5) is 0 Å². The third kappa shape index (κ3) is 5.71. The van der Waals surface area contributed by atoms with Gasteiger partial charge in [-0.15, -0.1) is 0 Å². The number of hydrogen-bond acceptors (Lipinski definition) is 3. The van der Waals surface area contributed by atoms with Crippen molar-refractivity contribution in [3.8, 4) is 5.75 Å². The number of benzene rings is 1. The summed E-state index contributed by atoms with van der Waals surface area (Å²) in [5.74, 6) is 0.866. The van der Waals surface area contributed by atoms with Crippen molar-refractivity contribution in [3.63, 3.8) is 0 Å². The number of aliphatic hydroxyl groups excluding tert-OH is 1. The van der Waals surface area contributed by atoms with Crippen LogP contribution in [0.2, 0.25) is 5.02 Å². The lowest BCUT2D eigenvalue weighted by molar-refractivity contribution is 0.252. The normalized spacial score (nSPS) is 10.9. The van der Waals surface area contributed by atoms with Crippen LogP contribution in [-0.4, -0.2) is 24.4 Å². The summed E-state index contributed by atoms with van der Waals surface area (Å²) < 4.78 is 5.72. The molecule has 0 unspecified atom stereocenters. The van der Waals surface area contributed by atoms with Gasteiger partial charge < -0.3 is 15.2 Å². The van der Waals surface area contributed by atoms with Crippen LogP contribution in [0.1, 0.15) is 32.3 Å². The average molecular weight is 272 g/mol. The molecule has 0 bridgehead atoms. The summed E-state index contributed by atoms with van der Waals surface area (Å²) in [6.45, 7) is 5.79. The molecule has 0 saturated carbocycles. The van der Waals surface area contributed by atoms with Crippen LogP contribution >= 0.6 is 11.6 Å². The highest BCUT2D eigenvalue weighted by molar-refractivity contribution is 6.30. The van der Waals surface area contributed by atoms with Crippen molar-refractivity contribution < 1.29 is 9.84 Å². The monoisotopic (exact) mass is 271 g/mol. The van der Waals surface area contributed by atoms with E-state index in [1.807, 2.05) is 18.2 Å². The van der Waals surface area contributed by atoms with Crippen LogP contribution in [0.5, 0.6) is 5.75 Å². The van der Waals surface area contributed by atoms with Crippen molar-refractivity contribution in [1.82, 2.24) is 5.32 Å². The molecule has 3 nitrogen and oxygen atoms in total. The van der Waals surface area contributed by atoms with E-state index in [0.717, 1.165) is 35.7 Å². The van der Waals surface area contributed by atoms with Gasteiger partial charge in [-0.05, 0) is 31.0 Å². The van der Waals surface area contributed by atoms with Gasteiger partial charge in [-0.3, -0.25) is 0 Å². The Labute approximate surface area is 114 Å². The number of ether oxygens (including phenoxy) is 1. The van der Waals surface area contributed by atoms with Gasteiger partial charge in [0, 0.05) is 29.8 Å². The van der Waals surface area contributed by atoms with E-state index < -0.39 is 0 Å². The van der Waals surface area contributed by atoms with Crippen LogP contribution in [0.15, 0.2) is 18.2 Å². The van der Waals surface area contributed by atoms with Gasteiger partial charge in [0.2, 0.25) is 0 Å². The summed E-state index contributed by atoms with van der Waals surface area (Å²) in [7, 11) is 0. The van der Waals surface area contributed by atoms with Gasteiger partial charge in [0.05, 0.1) is 6.61 Å². The summed E-state index contributed by atoms with van der Waals surface area (Å²) in [5, 5.41) is 12.8. The second kappa shape index (κ2) is 8.35. The lowest BCUT2D eigenvalue weighted by Gasteiger charge is -2.14. The minimum absolute atomic E-state index is 0.214. The van der Waals surface area contributed by atoms with Crippen LogP contribution in [0, 0.1) is 0 Å². The van der Waals surface area contributed by atoms with Crippen LogP contribution in [0.3, 0.4) is 0 Å². The number of unbranched alkanes of at least 4 members (excludes halogenated alkanes) is 1. The fraction of sp³-hybridized carbons (Fsp3) is 0.571. The fourth-order valence-electron chi connectivity index (χ4n) is 1.54. The fourth-order valence-corrected chi connectivity index (χ4v) is 1.73. The molecule has 0 saturated heterocycles. The van der Waals surface area contributed by atoms with E-state index in [-0.39, 0.29) is 6.61 Å². The molecule has 0 radical (unpaired) electrons. The molecule has 0 fully saturated rings. The van der Waals surface area contributed by atoms with Crippen LogP contribution in [-0.2, 0) is 6.54 Å². The van der Waals surface area contributed by atoms with Gasteiger partial charge in [-0.25, -0.2) is 0 Å². The maximum atomic E-state index is 8.72. The van der Waals surface area contributed by atoms with Crippen LogP contribution in [0.25, 0.3) is 0 Å². The Morgan fingerprint density at radius 2 is 2.11 bits per heavy atom. The summed E-state index contributed by atoms with van der Waals surface area (Å²) in [6.07, 6.45) is 1.63. The Bertz CT molecular complexity index is 356. The lowest BCUT2D eigenvalue weighted by atomic mass is 10.2. The van der Waals surface area contributed by atoms with E-state index in [9.17, 15) is 0 Å². The molecule has 1 rings (SSSR count). The second-order valence-corrected chi connectivity index (χ2v) is 5.00. The molecule has 0 amide bonds. The number of hydrogen-bond donors (Lipinski definition) is 2. The molecular formula is C14H22ClNO2. The number of nitrogens with one attached hydrogen (secondary N) is 1. The SMILES string of the molecule is CC(C)NCc1cc(Cl)ccc1OCCCCO. The first-order valence-corrected chi connectivity index (χ1v) is 6.76. The molecule has 1 aromatic rings. The molecule has 0 aromatic heterocycles. The second-order valence-electron chi connectivity index (χ2n) is 4.57. The Balaban J connectivity index is 2.58. The lowest BCUT2D eigenvalue weighted by Crippen LogP contribution is -2.22. The first-order chi connectivity index (χ1) is 8.63. The van der Waals surface area contributed by atoms with Gasteiger partial charge in [0.15, 0.2) is 0 Å². The van der Waals surface area contributed by atoms with Crippen molar-refractivity contribution in [2.75, 3.05) is 13.2 Å². The maximum Gasteiger partial charge on any atom is 0.123 e. The van der Waals surface area contributed by atoms with Crippen molar-refractivity contribution >= 4 is 11.6 Å². The molecule has 0 heterocycles. The summed E-state index contributed by atoms with van der Waals surface area (Å²) in [4.78, 5) is 0. The first-order valence-electron chi connectivity index (χ1n) is 6.39. The van der Waals surface area contributed by atoms with Gasteiger partial charge >= 0.3 is 0 Å². The molecule has 0 aliphatic heterocycles. The minimum atomic E-state index is 0.214. The standard InChI is InChI=1S/C14H22ClNO2/c1-11(2)16-10-12-9-13(15)5-6-14(12)18-8-4-3-7-17/h5-6,9,11,16-17H,3-4,7-8,10H2,1-2H3. The van der Waals surface area contributed by atoms with Gasteiger partial charge in [0.1, 0.15) is 5.75 Å². The molecule has 4 heteroatoms. The molecular weight excluding hydrogens is 250 g/mol. The number of aliphatic hydroxyl groups is 1. The molecule has 18 heavy (non-hydrogen) atoms. The molecule has 0 atom stereocenters. The van der Waals surface area contributed by atoms with E-state index >= 15 is 0 Å². The van der Waals surface area contributed by atoms with Gasteiger partial charge in [-0.1, -0.05) is 25.4 Å². The summed E-state index contributed by atoms with van der Waals surface area (Å²) in [6, 6.07) is 6.09. The zero-order chi connectivity index (χ0) is 13.4. The number of rotatable bonds is 8. The van der Waals surface area contributed by atoms with Crippen LogP contribution < -0.4 is 10.1 Å². The van der Waals surface area contributed by atoms with Crippen molar-refractivity contribution in [2.24, 2.45) is 0 Å². The Morgan fingerprint density at radius 1 is 1.33 bits per heavy atom. The maximum absolute atomic E-state index is 8.72. The highest BCUT2D eigenvalue weighted by atomic mass is 35.5. The van der Waals surface area contributed by atoms with E-state index in [4.69, 9.17) is 21.4 Å². The van der Waals surface area contributed by atoms with E-state index in [0.29, 0.717) is 12.6 Å². The molecule has 0 aliphatic rings. The molecule has 0 aliphatic carbocycles.